The van der Waals surface area contributed by atoms with Crippen molar-refractivity contribution in [2.24, 2.45) is 0 Å². The average Bonchev–Trinajstić information content (AvgIpc) is 3.03. The van der Waals surface area contributed by atoms with Gasteiger partial charge in [-0.2, -0.15) is 0 Å². The lowest BCUT2D eigenvalue weighted by Crippen LogP contribution is -2.54. The zero-order valence-corrected chi connectivity index (χ0v) is 21.1. The molecule has 1 fully saturated rings. The minimum atomic E-state index is -1.33. The van der Waals surface area contributed by atoms with E-state index in [0.717, 1.165) is 41.7 Å². The fraction of sp³-hybridized carbons (Fsp3) is 0.800. The van der Waals surface area contributed by atoms with E-state index in [2.05, 4.69) is 35.3 Å². The third-order valence-electron chi connectivity index (χ3n) is 4.84. The quantitative estimate of drug-likeness (QED) is 0.490. The summed E-state index contributed by atoms with van der Waals surface area (Å²) in [4.78, 5) is 25.2. The third kappa shape index (κ3) is 8.21. The summed E-state index contributed by atoms with van der Waals surface area (Å²) in [7, 11) is -1.33. The largest absolute Gasteiger partial charge is 0.448 e. The number of aromatic nitrogens is 2. The predicted octanol–water partition coefficient (Wildman–Crippen LogP) is 5.09. The van der Waals surface area contributed by atoms with Gasteiger partial charge in [-0.05, 0) is 59.4 Å². The van der Waals surface area contributed by atoms with Gasteiger partial charge in [0.1, 0.15) is 15.6 Å². The Morgan fingerprint density at radius 2 is 1.80 bits per heavy atom. The Morgan fingerprint density at radius 3 is 2.30 bits per heavy atom. The minimum Gasteiger partial charge on any atom is -0.448 e. The number of aryl methyl sites for hydroxylation is 1. The van der Waals surface area contributed by atoms with Crippen molar-refractivity contribution in [3.05, 3.63) is 10.0 Å². The number of hydrogen-bond donors (Lipinski definition) is 1. The second-order valence-electron chi connectivity index (χ2n) is 10.1. The second kappa shape index (κ2) is 10.1. The molecule has 0 aliphatic heterocycles. The molecule has 2 rings (SSSR count). The lowest BCUT2D eigenvalue weighted by Gasteiger charge is -2.35. The molecule has 0 saturated heterocycles. The summed E-state index contributed by atoms with van der Waals surface area (Å²) in [5.74, 6) is 0.346. The molecule has 8 nitrogen and oxygen atoms in total. The normalized spacial score (nSPS) is 19.8. The first-order valence-corrected chi connectivity index (χ1v) is 15.1. The predicted molar refractivity (Wildman–Crippen MR) is 120 cm³/mol. The van der Waals surface area contributed by atoms with Gasteiger partial charge in [0.05, 0.1) is 12.6 Å². The van der Waals surface area contributed by atoms with Gasteiger partial charge in [-0.3, -0.25) is 0 Å². The van der Waals surface area contributed by atoms with E-state index in [0.29, 0.717) is 12.5 Å². The summed E-state index contributed by atoms with van der Waals surface area (Å²) in [5, 5.41) is 11.7. The Morgan fingerprint density at radius 1 is 1.17 bits per heavy atom. The molecule has 1 aromatic heterocycles. The van der Waals surface area contributed by atoms with Crippen LogP contribution in [0.25, 0.3) is 0 Å². The summed E-state index contributed by atoms with van der Waals surface area (Å²) in [6.07, 6.45) is 2.10. The molecule has 10 heteroatoms. The second-order valence-corrected chi connectivity index (χ2v) is 16.9. The maximum absolute atomic E-state index is 12.8. The van der Waals surface area contributed by atoms with Crippen molar-refractivity contribution in [1.82, 2.24) is 20.6 Å². The van der Waals surface area contributed by atoms with Crippen molar-refractivity contribution in [3.63, 3.8) is 0 Å². The monoisotopic (exact) mass is 456 g/mol. The van der Waals surface area contributed by atoms with Gasteiger partial charge in [-0.1, -0.05) is 19.6 Å². The van der Waals surface area contributed by atoms with Gasteiger partial charge in [0, 0.05) is 14.0 Å². The zero-order valence-electron chi connectivity index (χ0n) is 19.3. The Kier molecular flexibility index (Phi) is 8.26. The third-order valence-corrected chi connectivity index (χ3v) is 7.54. The number of nitrogens with zero attached hydrogens (tertiary/aromatic N) is 3. The number of amides is 2. The lowest BCUT2D eigenvalue weighted by molar-refractivity contribution is 0.0142. The summed E-state index contributed by atoms with van der Waals surface area (Å²) in [5.41, 5.74) is 1.99. The van der Waals surface area contributed by atoms with Crippen LogP contribution in [0.2, 0.25) is 25.7 Å². The molecule has 1 aliphatic carbocycles. The first-order valence-electron chi connectivity index (χ1n) is 10.6. The first-order chi connectivity index (χ1) is 13.8. The van der Waals surface area contributed by atoms with Crippen LogP contribution in [-0.2, 0) is 9.47 Å². The van der Waals surface area contributed by atoms with E-state index in [9.17, 15) is 9.59 Å². The fourth-order valence-electron chi connectivity index (χ4n) is 3.26. The number of nitrogens with one attached hydrogen (secondary N) is 1. The number of hydrogen-bond acceptors (Lipinski definition) is 7. The van der Waals surface area contributed by atoms with Crippen LogP contribution in [0.5, 0.6) is 0 Å². The van der Waals surface area contributed by atoms with Crippen LogP contribution in [0.4, 0.5) is 9.59 Å². The zero-order chi connectivity index (χ0) is 22.5. The standard InChI is InChI=1S/C20H36N4O4SSi/c1-14-21-22-17(29-14)15-8-10-16(11-9-15)24(23-18(25)28-20(2,3)4)19(26)27-12-13-30(5,6)7/h15-16H,8-13H2,1-7H3,(H,23,25). The fourth-order valence-corrected chi connectivity index (χ4v) is 4.84. The van der Waals surface area contributed by atoms with E-state index in [-0.39, 0.29) is 6.04 Å². The van der Waals surface area contributed by atoms with Crippen molar-refractivity contribution < 1.29 is 19.1 Å². The molecule has 0 aromatic carbocycles. The molecule has 0 radical (unpaired) electrons. The summed E-state index contributed by atoms with van der Waals surface area (Å²) in [6.45, 7) is 14.4. The highest BCUT2D eigenvalue weighted by molar-refractivity contribution is 7.11. The van der Waals surface area contributed by atoms with Crippen LogP contribution in [0.3, 0.4) is 0 Å². The van der Waals surface area contributed by atoms with Crippen LogP contribution >= 0.6 is 11.3 Å². The molecule has 1 aliphatic rings. The summed E-state index contributed by atoms with van der Waals surface area (Å²) >= 11 is 1.63. The van der Waals surface area contributed by atoms with Gasteiger partial charge < -0.3 is 9.47 Å². The van der Waals surface area contributed by atoms with Crippen LogP contribution < -0.4 is 5.43 Å². The molecular formula is C20H36N4O4SSi. The van der Waals surface area contributed by atoms with Gasteiger partial charge in [0.15, 0.2) is 0 Å². The van der Waals surface area contributed by atoms with Crippen molar-refractivity contribution in [2.45, 2.75) is 96.6 Å². The van der Waals surface area contributed by atoms with E-state index < -0.39 is 25.9 Å². The van der Waals surface area contributed by atoms with Crippen molar-refractivity contribution >= 4 is 31.6 Å². The summed E-state index contributed by atoms with van der Waals surface area (Å²) in [6, 6.07) is 0.740. The highest BCUT2D eigenvalue weighted by Crippen LogP contribution is 2.35. The van der Waals surface area contributed by atoms with Gasteiger partial charge >= 0.3 is 12.2 Å². The van der Waals surface area contributed by atoms with E-state index in [1.54, 1.807) is 32.1 Å². The Balaban J connectivity index is 2.01. The first kappa shape index (κ1) is 24.6. The highest BCUT2D eigenvalue weighted by Gasteiger charge is 2.34. The van der Waals surface area contributed by atoms with Gasteiger partial charge in [-0.25, -0.2) is 20.0 Å². The minimum absolute atomic E-state index is 0.137. The Labute approximate surface area is 184 Å². The number of rotatable bonds is 5. The molecule has 1 N–H and O–H groups in total. The highest BCUT2D eigenvalue weighted by atomic mass is 32.1. The van der Waals surface area contributed by atoms with Crippen LogP contribution in [0.15, 0.2) is 0 Å². The van der Waals surface area contributed by atoms with E-state index in [1.807, 2.05) is 6.92 Å². The number of hydrazine groups is 1. The SMILES string of the molecule is Cc1nnc(C2CCC(N(NC(=O)OC(C)(C)C)C(=O)OCC[Si](C)(C)C)CC2)s1. The van der Waals surface area contributed by atoms with Gasteiger partial charge in [-0.15, -0.1) is 21.5 Å². The number of carbonyl (C=O) groups is 2. The topological polar surface area (TPSA) is 93.7 Å². The number of ether oxygens (including phenoxy) is 2. The van der Waals surface area contributed by atoms with E-state index in [4.69, 9.17) is 9.47 Å². The Bertz CT molecular complexity index is 721. The molecule has 0 spiro atoms. The molecule has 0 atom stereocenters. The van der Waals surface area contributed by atoms with Crippen LogP contribution in [0.1, 0.15) is 62.4 Å². The molecule has 2 amide bonds. The molecule has 1 heterocycles. The maximum atomic E-state index is 12.8. The van der Waals surface area contributed by atoms with E-state index in [1.165, 1.54) is 5.01 Å². The van der Waals surface area contributed by atoms with Gasteiger partial charge in [0.25, 0.3) is 0 Å². The molecule has 30 heavy (non-hydrogen) atoms. The van der Waals surface area contributed by atoms with Crippen LogP contribution in [-0.4, -0.2) is 53.7 Å². The van der Waals surface area contributed by atoms with Gasteiger partial charge in [0.2, 0.25) is 0 Å². The number of carbonyl (C=O) groups excluding carboxylic acids is 2. The Hall–Kier alpha value is -1.68. The van der Waals surface area contributed by atoms with Crippen molar-refractivity contribution in [2.75, 3.05) is 6.61 Å². The van der Waals surface area contributed by atoms with Crippen molar-refractivity contribution in [1.29, 1.82) is 0 Å². The summed E-state index contributed by atoms with van der Waals surface area (Å²) < 4.78 is 10.9. The smallest absolute Gasteiger partial charge is 0.429 e. The lowest BCUT2D eigenvalue weighted by atomic mass is 9.86. The van der Waals surface area contributed by atoms with Crippen LogP contribution in [0, 0.1) is 6.92 Å². The average molecular weight is 457 g/mol. The molecular weight excluding hydrogens is 420 g/mol. The van der Waals surface area contributed by atoms with E-state index >= 15 is 0 Å². The maximum Gasteiger partial charge on any atom is 0.429 e. The molecule has 0 bridgehead atoms. The molecule has 1 aromatic rings. The molecule has 170 valence electrons. The molecule has 1 saturated carbocycles. The van der Waals surface area contributed by atoms with Crippen molar-refractivity contribution in [3.8, 4) is 0 Å². The molecule has 0 unspecified atom stereocenters.